The van der Waals surface area contributed by atoms with Crippen LogP contribution in [-0.4, -0.2) is 55.4 Å². The molecule has 2 saturated heterocycles. The van der Waals surface area contributed by atoms with Crippen LogP contribution in [0.4, 0.5) is 11.4 Å². The molecule has 0 unspecified atom stereocenters. The Kier molecular flexibility index (Phi) is 6.63. The second-order valence-electron chi connectivity index (χ2n) is 7.86. The minimum atomic E-state index is -3.07. The fourth-order valence-electron chi connectivity index (χ4n) is 3.92. The summed E-state index contributed by atoms with van der Waals surface area (Å²) >= 11 is 1.44. The van der Waals surface area contributed by atoms with Gasteiger partial charge in [0.15, 0.2) is 15.0 Å². The molecular formula is C21H31N3O3S2. The topological polar surface area (TPSA) is 70.0 Å². The molecule has 2 heterocycles. The van der Waals surface area contributed by atoms with Crippen molar-refractivity contribution < 1.29 is 13.2 Å². The molecule has 0 N–H and O–H groups in total. The summed E-state index contributed by atoms with van der Waals surface area (Å²) in [7, 11) is -3.07. The van der Waals surface area contributed by atoms with E-state index in [0.29, 0.717) is 5.17 Å². The SMILES string of the molecule is CC[C@@H](C)C(=O)N=C1S[C@H]2CS(=O)(=O)C[C@H]2N1c1ccc(N(CC)CC)cc1C. The molecular weight excluding hydrogens is 406 g/mol. The number of hydrogen-bond acceptors (Lipinski definition) is 5. The number of amidine groups is 1. The van der Waals surface area contributed by atoms with Crippen molar-refractivity contribution in [1.82, 2.24) is 0 Å². The van der Waals surface area contributed by atoms with E-state index in [0.717, 1.165) is 36.4 Å². The molecule has 3 rings (SSSR count). The molecule has 3 atom stereocenters. The van der Waals surface area contributed by atoms with Gasteiger partial charge < -0.3 is 9.80 Å². The average Bonchev–Trinajstić information content (AvgIpc) is 3.13. The highest BCUT2D eigenvalue weighted by Crippen LogP contribution is 2.42. The number of benzene rings is 1. The Morgan fingerprint density at radius 2 is 1.97 bits per heavy atom. The van der Waals surface area contributed by atoms with Gasteiger partial charge in [0, 0.05) is 35.6 Å². The zero-order valence-corrected chi connectivity index (χ0v) is 19.5. The molecule has 0 aliphatic carbocycles. The summed E-state index contributed by atoms with van der Waals surface area (Å²) in [4.78, 5) is 21.2. The third-order valence-electron chi connectivity index (χ3n) is 5.87. The van der Waals surface area contributed by atoms with E-state index >= 15 is 0 Å². The van der Waals surface area contributed by atoms with E-state index in [9.17, 15) is 13.2 Å². The van der Waals surface area contributed by atoms with Gasteiger partial charge >= 0.3 is 0 Å². The molecule has 2 fully saturated rings. The first kappa shape index (κ1) is 22.2. The summed E-state index contributed by atoms with van der Waals surface area (Å²) in [5.74, 6) is -0.0229. The molecule has 2 aliphatic heterocycles. The standard InChI is InChI=1S/C21H31N3O3S2/c1-6-14(4)20(25)22-21-24(18-12-29(26,27)13-19(18)28-21)17-10-9-16(11-15(17)5)23(7-2)8-3/h9-11,14,18-19H,6-8,12-13H2,1-5H3/t14-,18-,19+/m1/s1. The number of aliphatic imine (C=N–C) groups is 1. The van der Waals surface area contributed by atoms with Crippen LogP contribution in [0.1, 0.15) is 39.7 Å². The molecule has 1 aromatic rings. The summed E-state index contributed by atoms with van der Waals surface area (Å²) in [5, 5.41) is 0.559. The second-order valence-corrected chi connectivity index (χ2v) is 11.2. The summed E-state index contributed by atoms with van der Waals surface area (Å²) in [6.07, 6.45) is 0.735. The fourth-order valence-corrected chi connectivity index (χ4v) is 7.83. The first-order valence-electron chi connectivity index (χ1n) is 10.3. The maximum Gasteiger partial charge on any atom is 0.250 e. The number of amides is 1. The summed E-state index contributed by atoms with van der Waals surface area (Å²) in [5.41, 5.74) is 3.14. The van der Waals surface area contributed by atoms with Crippen LogP contribution in [0.5, 0.6) is 0 Å². The van der Waals surface area contributed by atoms with Crippen molar-refractivity contribution in [3.8, 4) is 0 Å². The number of fused-ring (bicyclic) bond motifs is 1. The van der Waals surface area contributed by atoms with Gasteiger partial charge in [0.25, 0.3) is 5.91 Å². The van der Waals surface area contributed by atoms with Crippen LogP contribution in [0, 0.1) is 12.8 Å². The molecule has 1 aromatic carbocycles. The molecule has 8 heteroatoms. The smallest absolute Gasteiger partial charge is 0.250 e. The van der Waals surface area contributed by atoms with E-state index in [1.807, 2.05) is 31.7 Å². The molecule has 0 bridgehead atoms. The Morgan fingerprint density at radius 3 is 2.55 bits per heavy atom. The van der Waals surface area contributed by atoms with E-state index < -0.39 is 9.84 Å². The van der Waals surface area contributed by atoms with Crippen LogP contribution in [0.3, 0.4) is 0 Å². The number of anilines is 2. The van der Waals surface area contributed by atoms with Crippen molar-refractivity contribution in [3.63, 3.8) is 0 Å². The van der Waals surface area contributed by atoms with E-state index in [1.165, 1.54) is 11.8 Å². The Balaban J connectivity index is 2.02. The Morgan fingerprint density at radius 1 is 1.28 bits per heavy atom. The first-order valence-corrected chi connectivity index (χ1v) is 13.0. The van der Waals surface area contributed by atoms with Crippen LogP contribution in [-0.2, 0) is 14.6 Å². The lowest BCUT2D eigenvalue weighted by atomic mass is 10.1. The van der Waals surface area contributed by atoms with Crippen LogP contribution in [0.25, 0.3) is 0 Å². The van der Waals surface area contributed by atoms with Crippen LogP contribution >= 0.6 is 11.8 Å². The minimum absolute atomic E-state index is 0.0784. The molecule has 29 heavy (non-hydrogen) atoms. The van der Waals surface area contributed by atoms with Gasteiger partial charge in [-0.15, -0.1) is 0 Å². The van der Waals surface area contributed by atoms with Gasteiger partial charge in [0.05, 0.1) is 17.5 Å². The van der Waals surface area contributed by atoms with E-state index in [2.05, 4.69) is 35.9 Å². The van der Waals surface area contributed by atoms with Gasteiger partial charge in [-0.2, -0.15) is 4.99 Å². The maximum atomic E-state index is 12.5. The molecule has 0 saturated carbocycles. The minimum Gasteiger partial charge on any atom is -0.372 e. The van der Waals surface area contributed by atoms with Crippen molar-refractivity contribution >= 4 is 44.0 Å². The molecule has 6 nitrogen and oxygen atoms in total. The quantitative estimate of drug-likeness (QED) is 0.679. The van der Waals surface area contributed by atoms with Crippen LogP contribution in [0.2, 0.25) is 0 Å². The zero-order chi connectivity index (χ0) is 21.3. The lowest BCUT2D eigenvalue weighted by molar-refractivity contribution is -0.121. The van der Waals surface area contributed by atoms with Crippen molar-refractivity contribution in [3.05, 3.63) is 23.8 Å². The average molecular weight is 438 g/mol. The van der Waals surface area contributed by atoms with E-state index in [-0.39, 0.29) is 34.6 Å². The monoisotopic (exact) mass is 437 g/mol. The number of carbonyl (C=O) groups excluding carboxylic acids is 1. The highest BCUT2D eigenvalue weighted by molar-refractivity contribution is 8.16. The van der Waals surface area contributed by atoms with Crippen LogP contribution < -0.4 is 9.80 Å². The maximum absolute atomic E-state index is 12.5. The van der Waals surface area contributed by atoms with Crippen molar-refractivity contribution in [1.29, 1.82) is 0 Å². The van der Waals surface area contributed by atoms with Gasteiger partial charge in [-0.3, -0.25) is 4.79 Å². The van der Waals surface area contributed by atoms with Crippen molar-refractivity contribution in [2.45, 2.75) is 52.3 Å². The molecule has 0 aromatic heterocycles. The highest BCUT2D eigenvalue weighted by Gasteiger charge is 2.49. The summed E-state index contributed by atoms with van der Waals surface area (Å²) in [6.45, 7) is 12.0. The predicted molar refractivity (Wildman–Crippen MR) is 123 cm³/mol. The second kappa shape index (κ2) is 8.68. The number of sulfone groups is 1. The third kappa shape index (κ3) is 4.48. The molecule has 160 valence electrons. The number of thioether (sulfide) groups is 1. The first-order chi connectivity index (χ1) is 13.7. The number of nitrogens with zero attached hydrogens (tertiary/aromatic N) is 3. The number of hydrogen-bond donors (Lipinski definition) is 0. The lowest BCUT2D eigenvalue weighted by Crippen LogP contribution is -2.38. The van der Waals surface area contributed by atoms with Crippen LogP contribution in [0.15, 0.2) is 23.2 Å². The Labute approximate surface area is 178 Å². The number of aryl methyl sites for hydroxylation is 1. The summed E-state index contributed by atoms with van der Waals surface area (Å²) in [6, 6.07) is 6.08. The van der Waals surface area contributed by atoms with E-state index in [4.69, 9.17) is 0 Å². The van der Waals surface area contributed by atoms with Crippen molar-refractivity contribution in [2.75, 3.05) is 34.4 Å². The van der Waals surface area contributed by atoms with Gasteiger partial charge in [0.1, 0.15) is 0 Å². The molecule has 1 amide bonds. The fraction of sp³-hybridized carbons (Fsp3) is 0.619. The Hall–Kier alpha value is -1.54. The number of rotatable bonds is 6. The summed E-state index contributed by atoms with van der Waals surface area (Å²) < 4.78 is 24.5. The van der Waals surface area contributed by atoms with Gasteiger partial charge in [-0.25, -0.2) is 8.42 Å². The van der Waals surface area contributed by atoms with Gasteiger partial charge in [-0.1, -0.05) is 25.6 Å². The van der Waals surface area contributed by atoms with Gasteiger partial charge in [0.2, 0.25) is 0 Å². The third-order valence-corrected chi connectivity index (χ3v) is 9.08. The van der Waals surface area contributed by atoms with Crippen molar-refractivity contribution in [2.24, 2.45) is 10.9 Å². The zero-order valence-electron chi connectivity index (χ0n) is 17.9. The van der Waals surface area contributed by atoms with E-state index in [1.54, 1.807) is 0 Å². The molecule has 0 spiro atoms. The van der Waals surface area contributed by atoms with Gasteiger partial charge in [-0.05, 0) is 51.0 Å². The largest absolute Gasteiger partial charge is 0.372 e. The number of carbonyl (C=O) groups is 1. The molecule has 2 aliphatic rings. The Bertz CT molecular complexity index is 910. The highest BCUT2D eigenvalue weighted by atomic mass is 32.2. The molecule has 0 radical (unpaired) electrons. The lowest BCUT2D eigenvalue weighted by Gasteiger charge is -2.28. The predicted octanol–water partition coefficient (Wildman–Crippen LogP) is 3.49. The normalized spacial score (nSPS) is 25.3.